The van der Waals surface area contributed by atoms with Crippen molar-refractivity contribution in [2.24, 2.45) is 4.99 Å². The van der Waals surface area contributed by atoms with Gasteiger partial charge in [0.1, 0.15) is 6.61 Å². The molecule has 0 spiro atoms. The molecule has 0 N–H and O–H groups in total. The van der Waals surface area contributed by atoms with Crippen LogP contribution < -0.4 is 0 Å². The zero-order chi connectivity index (χ0) is 19.8. The van der Waals surface area contributed by atoms with Crippen LogP contribution >= 0.6 is 22.6 Å². The number of rotatable bonds is 7. The molecule has 0 unspecified atom stereocenters. The first-order valence-electron chi connectivity index (χ1n) is 8.43. The van der Waals surface area contributed by atoms with Crippen LogP contribution in [0.25, 0.3) is 0 Å². The number of allylic oxidation sites excluding steroid dienone is 2. The Morgan fingerprint density at radius 3 is 2.41 bits per heavy atom. The van der Waals surface area contributed by atoms with Crippen LogP contribution in [0.5, 0.6) is 0 Å². The van der Waals surface area contributed by atoms with Gasteiger partial charge < -0.3 is 4.74 Å². The van der Waals surface area contributed by atoms with Gasteiger partial charge in [0.05, 0.1) is 11.3 Å². The summed E-state index contributed by atoms with van der Waals surface area (Å²) >= 11 is 2.30. The number of esters is 1. The van der Waals surface area contributed by atoms with Gasteiger partial charge in [-0.1, -0.05) is 61.7 Å². The molecule has 0 aliphatic heterocycles. The first-order chi connectivity index (χ1) is 12.9. The Morgan fingerprint density at radius 1 is 1.07 bits per heavy atom. The molecular formula is C23H22INO2. The second kappa shape index (κ2) is 10.0. The summed E-state index contributed by atoms with van der Waals surface area (Å²) in [6.45, 7) is 10.1. The number of aliphatic imine (C=N–C) groups is 1. The van der Waals surface area contributed by atoms with Crippen LogP contribution in [-0.2, 0) is 16.1 Å². The van der Waals surface area contributed by atoms with Crippen molar-refractivity contribution in [1.82, 2.24) is 0 Å². The Morgan fingerprint density at radius 2 is 1.74 bits per heavy atom. The molecule has 0 aromatic heterocycles. The molecule has 3 nitrogen and oxygen atoms in total. The lowest BCUT2D eigenvalue weighted by Gasteiger charge is -2.11. The zero-order valence-electron chi connectivity index (χ0n) is 15.5. The van der Waals surface area contributed by atoms with E-state index in [1.807, 2.05) is 42.5 Å². The molecule has 2 aromatic carbocycles. The van der Waals surface area contributed by atoms with Crippen molar-refractivity contribution in [2.45, 2.75) is 13.5 Å². The molecule has 27 heavy (non-hydrogen) atoms. The largest absolute Gasteiger partial charge is 0.457 e. The van der Waals surface area contributed by atoms with E-state index in [0.717, 1.165) is 26.0 Å². The Bertz CT molecular complexity index is 911. The molecular weight excluding hydrogens is 449 g/mol. The van der Waals surface area contributed by atoms with Gasteiger partial charge in [0.2, 0.25) is 0 Å². The van der Waals surface area contributed by atoms with Gasteiger partial charge >= 0.3 is 5.97 Å². The highest BCUT2D eigenvalue weighted by Gasteiger charge is 2.11. The van der Waals surface area contributed by atoms with Gasteiger partial charge in [-0.15, -0.1) is 0 Å². The average molecular weight is 471 g/mol. The van der Waals surface area contributed by atoms with E-state index >= 15 is 0 Å². The number of carbonyl (C=O) groups is 1. The molecule has 2 aromatic rings. The fourth-order valence-corrected chi connectivity index (χ4v) is 2.96. The minimum absolute atomic E-state index is 0.219. The van der Waals surface area contributed by atoms with Gasteiger partial charge in [0.25, 0.3) is 0 Å². The minimum Gasteiger partial charge on any atom is -0.457 e. The lowest BCUT2D eigenvalue weighted by atomic mass is 9.98. The van der Waals surface area contributed by atoms with Crippen molar-refractivity contribution in [1.29, 1.82) is 0 Å². The van der Waals surface area contributed by atoms with E-state index < -0.39 is 5.97 Å². The van der Waals surface area contributed by atoms with Crippen molar-refractivity contribution >= 4 is 34.3 Å². The summed E-state index contributed by atoms with van der Waals surface area (Å²) in [5.74, 6) is -0.455. The van der Waals surface area contributed by atoms with Crippen LogP contribution in [-0.4, -0.2) is 18.7 Å². The predicted octanol–water partition coefficient (Wildman–Crippen LogP) is 5.43. The molecule has 0 bridgehead atoms. The third kappa shape index (κ3) is 5.76. The summed E-state index contributed by atoms with van der Waals surface area (Å²) in [6, 6.07) is 15.6. The molecule has 0 heterocycles. The number of ether oxygens (including phenoxy) is 1. The highest BCUT2D eigenvalue weighted by molar-refractivity contribution is 14.1. The van der Waals surface area contributed by atoms with Gasteiger partial charge in [-0.05, 0) is 58.4 Å². The van der Waals surface area contributed by atoms with E-state index in [9.17, 15) is 4.79 Å². The van der Waals surface area contributed by atoms with Crippen molar-refractivity contribution < 1.29 is 9.53 Å². The molecule has 0 amide bonds. The Balaban J connectivity index is 2.02. The second-order valence-electron chi connectivity index (χ2n) is 5.93. The van der Waals surface area contributed by atoms with E-state index in [0.29, 0.717) is 5.57 Å². The lowest BCUT2D eigenvalue weighted by molar-refractivity contribution is -0.139. The Kier molecular flexibility index (Phi) is 7.73. The first-order valence-corrected chi connectivity index (χ1v) is 9.51. The zero-order valence-corrected chi connectivity index (χ0v) is 17.7. The Hall–Kier alpha value is -2.47. The molecule has 4 heteroatoms. The van der Waals surface area contributed by atoms with Crippen LogP contribution in [0.15, 0.2) is 90.0 Å². The van der Waals surface area contributed by atoms with Crippen LogP contribution in [0.1, 0.15) is 16.7 Å². The molecule has 0 saturated carbocycles. The number of hydrogen-bond acceptors (Lipinski definition) is 3. The van der Waals surface area contributed by atoms with Crippen molar-refractivity contribution in [3.8, 4) is 0 Å². The summed E-state index contributed by atoms with van der Waals surface area (Å²) in [5, 5.41) is 0. The van der Waals surface area contributed by atoms with E-state index in [4.69, 9.17) is 4.74 Å². The minimum atomic E-state index is -0.455. The summed E-state index contributed by atoms with van der Waals surface area (Å²) in [7, 11) is 1.73. The molecule has 0 fully saturated rings. The van der Waals surface area contributed by atoms with Gasteiger partial charge in [-0.3, -0.25) is 4.99 Å². The molecule has 0 aliphatic rings. The van der Waals surface area contributed by atoms with Gasteiger partial charge in [-0.2, -0.15) is 0 Å². The van der Waals surface area contributed by atoms with Crippen molar-refractivity contribution in [3.05, 3.63) is 105 Å². The number of nitrogens with zero attached hydrogens (tertiary/aromatic N) is 1. The number of hydrogen-bond donors (Lipinski definition) is 0. The topological polar surface area (TPSA) is 38.7 Å². The van der Waals surface area contributed by atoms with E-state index in [1.54, 1.807) is 19.2 Å². The number of benzene rings is 2. The van der Waals surface area contributed by atoms with Crippen LogP contribution in [0.2, 0.25) is 0 Å². The monoisotopic (exact) mass is 471 g/mol. The quantitative estimate of drug-likeness (QED) is 0.178. The highest BCUT2D eigenvalue weighted by Crippen LogP contribution is 2.20. The van der Waals surface area contributed by atoms with Crippen molar-refractivity contribution in [3.63, 3.8) is 0 Å². The highest BCUT2D eigenvalue weighted by atomic mass is 127. The maximum absolute atomic E-state index is 12.1. The van der Waals surface area contributed by atoms with E-state index in [2.05, 4.69) is 53.7 Å². The molecule has 0 saturated heterocycles. The average Bonchev–Trinajstić information content (AvgIpc) is 2.68. The summed E-state index contributed by atoms with van der Waals surface area (Å²) in [4.78, 5) is 16.5. The standard InChI is InChI=1S/C23H22INO2/c1-16(22(25-4)20-11-8-12-21(24)18(20)3)13-14-17(2)23(26)27-15-19-9-6-5-7-10-19/h5-14H,1-2,15H2,3-4H3/b14-13-,25-22?. The van der Waals surface area contributed by atoms with E-state index in [1.165, 1.54) is 0 Å². The first kappa shape index (κ1) is 20.8. The molecule has 0 aliphatic carbocycles. The molecule has 0 atom stereocenters. The summed E-state index contributed by atoms with van der Waals surface area (Å²) in [5.41, 5.74) is 4.86. The van der Waals surface area contributed by atoms with Gasteiger partial charge in [0, 0.05) is 16.2 Å². The Labute approximate surface area is 174 Å². The predicted molar refractivity (Wildman–Crippen MR) is 120 cm³/mol. The van der Waals surface area contributed by atoms with Gasteiger partial charge in [0.15, 0.2) is 0 Å². The molecule has 2 rings (SSSR count). The number of halogens is 1. The summed E-state index contributed by atoms with van der Waals surface area (Å²) in [6.07, 6.45) is 3.36. The maximum atomic E-state index is 12.1. The smallest absolute Gasteiger partial charge is 0.337 e. The third-order valence-corrected chi connectivity index (χ3v) is 5.18. The fourth-order valence-electron chi connectivity index (χ4n) is 2.47. The third-order valence-electron chi connectivity index (χ3n) is 4.01. The molecule has 0 radical (unpaired) electrons. The maximum Gasteiger partial charge on any atom is 0.337 e. The van der Waals surface area contributed by atoms with Crippen LogP contribution in [0.4, 0.5) is 0 Å². The number of carbonyl (C=O) groups excluding carboxylic acids is 1. The lowest BCUT2D eigenvalue weighted by Crippen LogP contribution is -2.07. The van der Waals surface area contributed by atoms with Crippen LogP contribution in [0, 0.1) is 10.5 Å². The molecule has 138 valence electrons. The van der Waals surface area contributed by atoms with Crippen LogP contribution in [0.3, 0.4) is 0 Å². The second-order valence-corrected chi connectivity index (χ2v) is 7.09. The summed E-state index contributed by atoms with van der Waals surface area (Å²) < 4.78 is 6.44. The fraction of sp³-hybridized carbons (Fsp3) is 0.130. The normalized spacial score (nSPS) is 11.4. The van der Waals surface area contributed by atoms with E-state index in [-0.39, 0.29) is 12.2 Å². The SMILES string of the molecule is C=C(/C=C\C(=C)C(=NC)c1cccc(I)c1C)C(=O)OCc1ccccc1. The van der Waals surface area contributed by atoms with Crippen molar-refractivity contribution in [2.75, 3.05) is 7.05 Å². The van der Waals surface area contributed by atoms with Gasteiger partial charge in [-0.25, -0.2) is 4.79 Å².